The standard InChI is InChI=1S/C13H20ClNS/c14-12-8-13(16-10-12)9-15-7-6-11-4-2-1-3-5-11/h8,10-11,15H,1-7,9H2. The summed E-state index contributed by atoms with van der Waals surface area (Å²) in [6.45, 7) is 2.13. The van der Waals surface area contributed by atoms with E-state index in [9.17, 15) is 0 Å². The molecule has 1 saturated carbocycles. The molecular formula is C13H20ClNS. The molecule has 3 heteroatoms. The van der Waals surface area contributed by atoms with E-state index in [-0.39, 0.29) is 0 Å². The van der Waals surface area contributed by atoms with Crippen LogP contribution in [0.4, 0.5) is 0 Å². The van der Waals surface area contributed by atoms with Gasteiger partial charge in [-0.1, -0.05) is 43.7 Å². The van der Waals surface area contributed by atoms with Gasteiger partial charge in [0.2, 0.25) is 0 Å². The first kappa shape index (κ1) is 12.4. The summed E-state index contributed by atoms with van der Waals surface area (Å²) in [6.07, 6.45) is 8.60. The Balaban J connectivity index is 1.57. The van der Waals surface area contributed by atoms with Gasteiger partial charge in [-0.25, -0.2) is 0 Å². The van der Waals surface area contributed by atoms with Gasteiger partial charge in [-0.15, -0.1) is 11.3 Å². The molecule has 2 rings (SSSR count). The Kier molecular flexibility index (Phi) is 5.14. The molecule has 1 aromatic heterocycles. The van der Waals surface area contributed by atoms with Crippen LogP contribution in [0.15, 0.2) is 11.4 Å². The number of hydrogen-bond donors (Lipinski definition) is 1. The summed E-state index contributed by atoms with van der Waals surface area (Å²) in [5, 5.41) is 6.38. The largest absolute Gasteiger partial charge is 0.312 e. The van der Waals surface area contributed by atoms with Crippen LogP contribution in [0, 0.1) is 5.92 Å². The first-order chi connectivity index (χ1) is 7.84. The van der Waals surface area contributed by atoms with Crippen molar-refractivity contribution in [3.8, 4) is 0 Å². The second kappa shape index (κ2) is 6.63. The summed E-state index contributed by atoms with van der Waals surface area (Å²) in [4.78, 5) is 1.34. The van der Waals surface area contributed by atoms with Crippen molar-refractivity contribution < 1.29 is 0 Å². The quantitative estimate of drug-likeness (QED) is 0.768. The zero-order valence-electron chi connectivity index (χ0n) is 9.68. The summed E-state index contributed by atoms with van der Waals surface area (Å²) >= 11 is 7.62. The maximum absolute atomic E-state index is 5.88. The van der Waals surface area contributed by atoms with Gasteiger partial charge in [-0.3, -0.25) is 0 Å². The highest BCUT2D eigenvalue weighted by Gasteiger charge is 2.12. The summed E-state index contributed by atoms with van der Waals surface area (Å²) in [6, 6.07) is 2.06. The third kappa shape index (κ3) is 4.08. The molecule has 0 unspecified atom stereocenters. The maximum atomic E-state index is 5.88. The van der Waals surface area contributed by atoms with Crippen molar-refractivity contribution in [1.82, 2.24) is 5.32 Å². The van der Waals surface area contributed by atoms with Gasteiger partial charge >= 0.3 is 0 Å². The Morgan fingerprint density at radius 1 is 1.31 bits per heavy atom. The van der Waals surface area contributed by atoms with Crippen LogP contribution in [-0.4, -0.2) is 6.54 Å². The smallest absolute Gasteiger partial charge is 0.0516 e. The van der Waals surface area contributed by atoms with E-state index in [0.29, 0.717) is 0 Å². The Morgan fingerprint density at radius 3 is 2.81 bits per heavy atom. The molecule has 0 aromatic carbocycles. The third-order valence-corrected chi connectivity index (χ3v) is 4.66. The van der Waals surface area contributed by atoms with E-state index in [1.54, 1.807) is 11.3 Å². The minimum atomic E-state index is 0.870. The van der Waals surface area contributed by atoms with Crippen molar-refractivity contribution in [2.45, 2.75) is 45.1 Å². The Morgan fingerprint density at radius 2 is 2.12 bits per heavy atom. The highest BCUT2D eigenvalue weighted by Crippen LogP contribution is 2.25. The molecule has 1 nitrogen and oxygen atoms in total. The van der Waals surface area contributed by atoms with E-state index in [0.717, 1.165) is 24.0 Å². The van der Waals surface area contributed by atoms with Crippen LogP contribution in [0.3, 0.4) is 0 Å². The van der Waals surface area contributed by atoms with E-state index < -0.39 is 0 Å². The highest BCUT2D eigenvalue weighted by molar-refractivity contribution is 7.10. The molecule has 0 atom stereocenters. The van der Waals surface area contributed by atoms with E-state index in [4.69, 9.17) is 11.6 Å². The summed E-state index contributed by atoms with van der Waals surface area (Å²) in [5.74, 6) is 0.980. The predicted octanol–water partition coefficient (Wildman–Crippen LogP) is 4.46. The molecule has 0 bridgehead atoms. The second-order valence-corrected chi connectivity index (χ2v) is 6.13. The van der Waals surface area contributed by atoms with Gasteiger partial charge in [0.15, 0.2) is 0 Å². The first-order valence-corrected chi connectivity index (χ1v) is 7.54. The summed E-state index contributed by atoms with van der Waals surface area (Å²) in [7, 11) is 0. The van der Waals surface area contributed by atoms with Crippen LogP contribution < -0.4 is 5.32 Å². The first-order valence-electron chi connectivity index (χ1n) is 6.28. The fourth-order valence-corrected chi connectivity index (χ4v) is 3.48. The lowest BCUT2D eigenvalue weighted by molar-refractivity contribution is 0.334. The van der Waals surface area contributed by atoms with Crippen LogP contribution in [0.25, 0.3) is 0 Å². The molecule has 1 aliphatic rings. The number of thiophene rings is 1. The van der Waals surface area contributed by atoms with Crippen LogP contribution in [0.5, 0.6) is 0 Å². The van der Waals surface area contributed by atoms with Crippen molar-refractivity contribution in [2.75, 3.05) is 6.54 Å². The molecule has 16 heavy (non-hydrogen) atoms. The number of nitrogens with one attached hydrogen (secondary N) is 1. The van der Waals surface area contributed by atoms with Gasteiger partial charge < -0.3 is 5.32 Å². The van der Waals surface area contributed by atoms with E-state index in [1.807, 2.05) is 5.38 Å². The van der Waals surface area contributed by atoms with Crippen LogP contribution in [0.2, 0.25) is 5.02 Å². The minimum absolute atomic E-state index is 0.870. The fourth-order valence-electron chi connectivity index (χ4n) is 2.44. The van der Waals surface area contributed by atoms with Gasteiger partial charge in [0, 0.05) is 16.8 Å². The third-order valence-electron chi connectivity index (χ3n) is 3.38. The number of hydrogen-bond acceptors (Lipinski definition) is 2. The van der Waals surface area contributed by atoms with Crippen LogP contribution >= 0.6 is 22.9 Å². The maximum Gasteiger partial charge on any atom is 0.0516 e. The van der Waals surface area contributed by atoms with E-state index >= 15 is 0 Å². The predicted molar refractivity (Wildman–Crippen MR) is 72.2 cm³/mol. The lowest BCUT2D eigenvalue weighted by Crippen LogP contribution is -2.18. The monoisotopic (exact) mass is 257 g/mol. The molecule has 1 heterocycles. The van der Waals surface area contributed by atoms with Gasteiger partial charge in [0.25, 0.3) is 0 Å². The molecule has 0 saturated heterocycles. The van der Waals surface area contributed by atoms with Gasteiger partial charge in [0.05, 0.1) is 5.02 Å². The van der Waals surface area contributed by atoms with Crippen molar-refractivity contribution in [1.29, 1.82) is 0 Å². The average molecular weight is 258 g/mol. The SMILES string of the molecule is Clc1csc(CNCCC2CCCCC2)c1. The van der Waals surface area contributed by atoms with E-state index in [2.05, 4.69) is 11.4 Å². The lowest BCUT2D eigenvalue weighted by Gasteiger charge is -2.21. The minimum Gasteiger partial charge on any atom is -0.312 e. The summed E-state index contributed by atoms with van der Waals surface area (Å²) < 4.78 is 0. The van der Waals surface area contributed by atoms with Crippen LogP contribution in [0.1, 0.15) is 43.4 Å². The van der Waals surface area contributed by atoms with Crippen molar-refractivity contribution in [3.05, 3.63) is 21.3 Å². The van der Waals surface area contributed by atoms with E-state index in [1.165, 1.54) is 43.4 Å². The molecule has 1 aliphatic carbocycles. The average Bonchev–Trinajstić information content (AvgIpc) is 2.72. The zero-order chi connectivity index (χ0) is 11.2. The van der Waals surface area contributed by atoms with Crippen LogP contribution in [-0.2, 0) is 6.54 Å². The molecule has 0 amide bonds. The fraction of sp³-hybridized carbons (Fsp3) is 0.692. The highest BCUT2D eigenvalue weighted by atomic mass is 35.5. The van der Waals surface area contributed by atoms with Crippen molar-refractivity contribution in [2.24, 2.45) is 5.92 Å². The Labute approximate surface area is 107 Å². The van der Waals surface area contributed by atoms with Gasteiger partial charge in [-0.05, 0) is 24.9 Å². The van der Waals surface area contributed by atoms with Crippen molar-refractivity contribution >= 4 is 22.9 Å². The lowest BCUT2D eigenvalue weighted by atomic mass is 9.87. The second-order valence-electron chi connectivity index (χ2n) is 4.70. The molecular weight excluding hydrogens is 238 g/mol. The molecule has 1 N–H and O–H groups in total. The normalized spacial score (nSPS) is 17.8. The molecule has 0 radical (unpaired) electrons. The van der Waals surface area contributed by atoms with Crippen molar-refractivity contribution in [3.63, 3.8) is 0 Å². The Bertz CT molecular complexity index is 305. The molecule has 90 valence electrons. The van der Waals surface area contributed by atoms with Gasteiger partial charge in [-0.2, -0.15) is 0 Å². The van der Waals surface area contributed by atoms with Gasteiger partial charge in [0.1, 0.15) is 0 Å². The molecule has 0 aliphatic heterocycles. The zero-order valence-corrected chi connectivity index (χ0v) is 11.2. The molecule has 0 spiro atoms. The topological polar surface area (TPSA) is 12.0 Å². The molecule has 1 aromatic rings. The summed E-state index contributed by atoms with van der Waals surface area (Å²) in [5.41, 5.74) is 0. The Hall–Kier alpha value is -0.0500. The number of halogens is 1. The molecule has 1 fully saturated rings. The number of rotatable bonds is 5.